The maximum absolute atomic E-state index is 11.2. The SMILES string of the molecule is CCS(=O)(=O)NCCCNC(=NC)NCCCC(C)C.I. The van der Waals surface area contributed by atoms with Crippen molar-refractivity contribution in [2.45, 2.75) is 40.0 Å². The minimum absolute atomic E-state index is 0. The van der Waals surface area contributed by atoms with Gasteiger partial charge in [0.15, 0.2) is 5.96 Å². The summed E-state index contributed by atoms with van der Waals surface area (Å²) in [6.45, 7) is 8.10. The molecule has 3 N–H and O–H groups in total. The lowest BCUT2D eigenvalue weighted by Gasteiger charge is -2.12. The van der Waals surface area contributed by atoms with Gasteiger partial charge in [-0.25, -0.2) is 13.1 Å². The van der Waals surface area contributed by atoms with Gasteiger partial charge >= 0.3 is 0 Å². The van der Waals surface area contributed by atoms with Crippen LogP contribution in [-0.4, -0.2) is 46.8 Å². The Morgan fingerprint density at radius 3 is 2.14 bits per heavy atom. The molecule has 0 aromatic rings. The number of sulfonamides is 1. The van der Waals surface area contributed by atoms with Crippen molar-refractivity contribution in [1.82, 2.24) is 15.4 Å². The van der Waals surface area contributed by atoms with E-state index in [0.29, 0.717) is 13.1 Å². The average molecular weight is 434 g/mol. The van der Waals surface area contributed by atoms with Gasteiger partial charge in [-0.3, -0.25) is 4.99 Å². The third kappa shape index (κ3) is 14.6. The van der Waals surface area contributed by atoms with E-state index in [-0.39, 0.29) is 29.7 Å². The van der Waals surface area contributed by atoms with E-state index in [4.69, 9.17) is 0 Å². The molecule has 0 fully saturated rings. The van der Waals surface area contributed by atoms with Crippen LogP contribution in [0.4, 0.5) is 0 Å². The lowest BCUT2D eigenvalue weighted by atomic mass is 10.1. The summed E-state index contributed by atoms with van der Waals surface area (Å²) in [7, 11) is -1.34. The van der Waals surface area contributed by atoms with Gasteiger partial charge in [0.25, 0.3) is 0 Å². The van der Waals surface area contributed by atoms with E-state index in [1.54, 1.807) is 14.0 Å². The van der Waals surface area contributed by atoms with E-state index >= 15 is 0 Å². The van der Waals surface area contributed by atoms with Crippen LogP contribution in [0.2, 0.25) is 0 Å². The predicted octanol–water partition coefficient (Wildman–Crippen LogP) is 1.53. The molecule has 0 amide bonds. The molecule has 128 valence electrons. The van der Waals surface area contributed by atoms with Gasteiger partial charge in [0.2, 0.25) is 10.0 Å². The number of rotatable bonds is 10. The second kappa shape index (κ2) is 13.6. The third-order valence-electron chi connectivity index (χ3n) is 2.82. The smallest absolute Gasteiger partial charge is 0.211 e. The van der Waals surface area contributed by atoms with Crippen molar-refractivity contribution in [3.8, 4) is 0 Å². The van der Waals surface area contributed by atoms with Crippen LogP contribution in [0.3, 0.4) is 0 Å². The molecule has 0 spiro atoms. The normalized spacial score (nSPS) is 12.1. The first kappa shape index (κ1) is 23.2. The fraction of sp³-hybridized carbons (Fsp3) is 0.923. The van der Waals surface area contributed by atoms with Crippen molar-refractivity contribution >= 4 is 40.0 Å². The van der Waals surface area contributed by atoms with Gasteiger partial charge in [-0.1, -0.05) is 13.8 Å². The topological polar surface area (TPSA) is 82.6 Å². The van der Waals surface area contributed by atoms with Gasteiger partial charge in [-0.05, 0) is 32.1 Å². The molecule has 8 heteroatoms. The van der Waals surface area contributed by atoms with Crippen molar-refractivity contribution in [2.75, 3.05) is 32.4 Å². The van der Waals surface area contributed by atoms with E-state index in [9.17, 15) is 8.42 Å². The molecule has 0 atom stereocenters. The molecule has 0 saturated carbocycles. The lowest BCUT2D eigenvalue weighted by molar-refractivity contribution is 0.549. The van der Waals surface area contributed by atoms with Crippen LogP contribution in [0.5, 0.6) is 0 Å². The first-order valence-corrected chi connectivity index (χ1v) is 8.98. The molecular weight excluding hydrogens is 403 g/mol. The van der Waals surface area contributed by atoms with Gasteiger partial charge in [-0.2, -0.15) is 0 Å². The van der Waals surface area contributed by atoms with E-state index < -0.39 is 10.0 Å². The van der Waals surface area contributed by atoms with E-state index in [2.05, 4.69) is 34.2 Å². The Kier molecular flexibility index (Phi) is 15.0. The number of aliphatic imine (C=N–C) groups is 1. The Hall–Kier alpha value is -0.0900. The Bertz CT molecular complexity index is 372. The molecule has 0 aromatic carbocycles. The van der Waals surface area contributed by atoms with Crippen LogP contribution in [0.25, 0.3) is 0 Å². The molecule has 0 rings (SSSR count). The first-order chi connectivity index (χ1) is 9.41. The highest BCUT2D eigenvalue weighted by Gasteiger charge is 2.04. The quantitative estimate of drug-likeness (QED) is 0.211. The fourth-order valence-electron chi connectivity index (χ4n) is 1.56. The van der Waals surface area contributed by atoms with Crippen molar-refractivity contribution in [1.29, 1.82) is 0 Å². The van der Waals surface area contributed by atoms with Crippen LogP contribution in [0.15, 0.2) is 4.99 Å². The molecule has 0 aliphatic rings. The van der Waals surface area contributed by atoms with Crippen LogP contribution in [-0.2, 0) is 10.0 Å². The minimum atomic E-state index is -3.08. The summed E-state index contributed by atoms with van der Waals surface area (Å²) in [6.07, 6.45) is 3.05. The standard InChI is InChI=1S/C13H30N4O2S.HI/c1-5-20(18,19)17-11-7-10-16-13(14-4)15-9-6-8-12(2)3;/h12,17H,5-11H2,1-4H3,(H2,14,15,16);1H. The summed E-state index contributed by atoms with van der Waals surface area (Å²) in [6, 6.07) is 0. The number of guanidine groups is 1. The van der Waals surface area contributed by atoms with Crippen LogP contribution in [0, 0.1) is 5.92 Å². The highest BCUT2D eigenvalue weighted by atomic mass is 127. The van der Waals surface area contributed by atoms with Crippen molar-refractivity contribution in [3.05, 3.63) is 0 Å². The summed E-state index contributed by atoms with van der Waals surface area (Å²) in [4.78, 5) is 4.12. The van der Waals surface area contributed by atoms with Gasteiger partial charge in [0.05, 0.1) is 5.75 Å². The lowest BCUT2D eigenvalue weighted by Crippen LogP contribution is -2.39. The van der Waals surface area contributed by atoms with Crippen LogP contribution in [0.1, 0.15) is 40.0 Å². The second-order valence-electron chi connectivity index (χ2n) is 5.11. The molecule has 0 aliphatic heterocycles. The van der Waals surface area contributed by atoms with Crippen LogP contribution >= 0.6 is 24.0 Å². The monoisotopic (exact) mass is 434 g/mol. The molecule has 0 aliphatic carbocycles. The van der Waals surface area contributed by atoms with E-state index in [1.807, 2.05) is 0 Å². The van der Waals surface area contributed by atoms with Gasteiger partial charge in [0, 0.05) is 26.7 Å². The Morgan fingerprint density at radius 1 is 1.10 bits per heavy atom. The first-order valence-electron chi connectivity index (χ1n) is 7.33. The summed E-state index contributed by atoms with van der Waals surface area (Å²) >= 11 is 0. The van der Waals surface area contributed by atoms with Gasteiger partial charge in [-0.15, -0.1) is 24.0 Å². The maximum Gasteiger partial charge on any atom is 0.211 e. The third-order valence-corrected chi connectivity index (χ3v) is 4.23. The molecule has 6 nitrogen and oxygen atoms in total. The van der Waals surface area contributed by atoms with E-state index in [1.165, 1.54) is 6.42 Å². The van der Waals surface area contributed by atoms with Crippen molar-refractivity contribution < 1.29 is 8.42 Å². The molecule has 0 aromatic heterocycles. The second-order valence-corrected chi connectivity index (χ2v) is 7.21. The summed E-state index contributed by atoms with van der Waals surface area (Å²) in [5, 5.41) is 6.41. The number of nitrogens with one attached hydrogen (secondary N) is 3. The zero-order valence-corrected chi connectivity index (χ0v) is 16.8. The number of nitrogens with zero attached hydrogens (tertiary/aromatic N) is 1. The molecular formula is C13H31IN4O2S. The zero-order valence-electron chi connectivity index (χ0n) is 13.6. The maximum atomic E-state index is 11.2. The Balaban J connectivity index is 0. The number of hydrogen-bond acceptors (Lipinski definition) is 3. The fourth-order valence-corrected chi connectivity index (χ4v) is 2.22. The number of halogens is 1. The minimum Gasteiger partial charge on any atom is -0.356 e. The molecule has 0 unspecified atom stereocenters. The van der Waals surface area contributed by atoms with Crippen molar-refractivity contribution in [3.63, 3.8) is 0 Å². The average Bonchev–Trinajstić information content (AvgIpc) is 2.40. The molecule has 0 bridgehead atoms. The highest BCUT2D eigenvalue weighted by Crippen LogP contribution is 2.01. The van der Waals surface area contributed by atoms with Gasteiger partial charge in [0.1, 0.15) is 0 Å². The number of hydrogen-bond donors (Lipinski definition) is 3. The predicted molar refractivity (Wildman–Crippen MR) is 101 cm³/mol. The largest absolute Gasteiger partial charge is 0.356 e. The summed E-state index contributed by atoms with van der Waals surface area (Å²) in [5.41, 5.74) is 0. The zero-order chi connectivity index (χ0) is 15.4. The van der Waals surface area contributed by atoms with Gasteiger partial charge < -0.3 is 10.6 Å². The highest BCUT2D eigenvalue weighted by molar-refractivity contribution is 14.0. The summed E-state index contributed by atoms with van der Waals surface area (Å²) in [5.74, 6) is 1.62. The molecule has 21 heavy (non-hydrogen) atoms. The molecule has 0 heterocycles. The van der Waals surface area contributed by atoms with E-state index in [0.717, 1.165) is 31.3 Å². The summed E-state index contributed by atoms with van der Waals surface area (Å²) < 4.78 is 25.0. The van der Waals surface area contributed by atoms with Crippen LogP contribution < -0.4 is 15.4 Å². The Labute approximate surface area is 147 Å². The van der Waals surface area contributed by atoms with Crippen molar-refractivity contribution in [2.24, 2.45) is 10.9 Å². The molecule has 0 radical (unpaired) electrons. The molecule has 0 saturated heterocycles. The Morgan fingerprint density at radius 2 is 1.67 bits per heavy atom.